The molecule has 0 fully saturated rings. The van der Waals surface area contributed by atoms with Crippen molar-refractivity contribution in [2.24, 2.45) is 5.73 Å². The van der Waals surface area contributed by atoms with Gasteiger partial charge in [-0.3, -0.25) is 0 Å². The fourth-order valence-electron chi connectivity index (χ4n) is 5.21. The summed E-state index contributed by atoms with van der Waals surface area (Å²) < 4.78 is 15.9. The first-order valence-corrected chi connectivity index (χ1v) is 15.7. The number of hydrogen-bond donors (Lipinski definition) is 4. The van der Waals surface area contributed by atoms with Crippen LogP contribution in [0.25, 0.3) is 21.8 Å². The molecule has 0 bridgehead atoms. The number of halogens is 2. The predicted octanol–water partition coefficient (Wildman–Crippen LogP) is 7.31. The molecule has 0 aliphatic rings. The molecule has 248 valence electrons. The van der Waals surface area contributed by atoms with Crippen molar-refractivity contribution in [2.45, 2.75) is 0 Å². The van der Waals surface area contributed by atoms with E-state index in [0.717, 1.165) is 5.69 Å². The number of hydrogen-bond acceptors (Lipinski definition) is 9. The molecule has 0 spiro atoms. The number of urea groups is 1. The SMILES string of the molecule is COc1ccc(NC(=O)Nc2ccc(N(CCCl)CCCl)cc2)cc1Nc1c2cccc(OC)c2nc2c(C(=O)OC(N)=O)cccc12. The monoisotopic (exact) mass is 690 g/mol. The quantitative estimate of drug-likeness (QED) is 0.0456. The second-order valence-corrected chi connectivity index (χ2v) is 11.0. The summed E-state index contributed by atoms with van der Waals surface area (Å²) in [5.74, 6) is 0.903. The van der Waals surface area contributed by atoms with Gasteiger partial charge in [0.15, 0.2) is 0 Å². The van der Waals surface area contributed by atoms with Gasteiger partial charge in [-0.25, -0.2) is 19.4 Å². The van der Waals surface area contributed by atoms with Gasteiger partial charge in [-0.2, -0.15) is 0 Å². The van der Waals surface area contributed by atoms with Crippen LogP contribution in [0.15, 0.2) is 78.9 Å². The van der Waals surface area contributed by atoms with E-state index in [0.29, 0.717) is 75.4 Å². The van der Waals surface area contributed by atoms with Gasteiger partial charge >= 0.3 is 18.1 Å². The van der Waals surface area contributed by atoms with Gasteiger partial charge in [0, 0.05) is 52.7 Å². The molecule has 0 aliphatic heterocycles. The summed E-state index contributed by atoms with van der Waals surface area (Å²) in [5.41, 5.74) is 8.89. The first-order chi connectivity index (χ1) is 23.3. The highest BCUT2D eigenvalue weighted by Gasteiger charge is 2.21. The van der Waals surface area contributed by atoms with Gasteiger partial charge in [0.05, 0.1) is 36.7 Å². The minimum Gasteiger partial charge on any atom is -0.495 e. The Morgan fingerprint density at radius 1 is 0.792 bits per heavy atom. The molecule has 0 aliphatic carbocycles. The third-order valence-corrected chi connectivity index (χ3v) is 7.68. The lowest BCUT2D eigenvalue weighted by molar-refractivity contribution is 0.0640. The summed E-state index contributed by atoms with van der Waals surface area (Å²) in [5, 5.41) is 10.3. The van der Waals surface area contributed by atoms with Crippen LogP contribution in [0.3, 0.4) is 0 Å². The molecular formula is C34H32Cl2N6O6. The normalized spacial score (nSPS) is 10.8. The van der Waals surface area contributed by atoms with E-state index in [9.17, 15) is 14.4 Å². The fraction of sp³-hybridized carbons (Fsp3) is 0.176. The van der Waals surface area contributed by atoms with Crippen molar-refractivity contribution in [3.05, 3.63) is 84.4 Å². The van der Waals surface area contributed by atoms with Crippen LogP contribution in [0.2, 0.25) is 0 Å². The number of carbonyl (C=O) groups is 3. The van der Waals surface area contributed by atoms with E-state index < -0.39 is 18.1 Å². The number of primary amides is 1. The van der Waals surface area contributed by atoms with E-state index in [1.165, 1.54) is 20.3 Å². The number of nitrogens with one attached hydrogen (secondary N) is 3. The molecular weight excluding hydrogens is 659 g/mol. The molecule has 14 heteroatoms. The Kier molecular flexibility index (Phi) is 10.9. The Bertz CT molecular complexity index is 1970. The third kappa shape index (κ3) is 7.56. The Labute approximate surface area is 286 Å². The molecule has 0 unspecified atom stereocenters. The Balaban J connectivity index is 1.47. The number of ether oxygens (including phenoxy) is 3. The maximum atomic E-state index is 13.0. The minimum absolute atomic E-state index is 0.0278. The number of anilines is 5. The number of esters is 1. The van der Waals surface area contributed by atoms with Gasteiger partial charge in [-0.15, -0.1) is 23.2 Å². The Morgan fingerprint density at radius 3 is 2.06 bits per heavy atom. The van der Waals surface area contributed by atoms with Crippen LogP contribution in [0.5, 0.6) is 11.5 Å². The summed E-state index contributed by atoms with van der Waals surface area (Å²) in [6.07, 6.45) is -1.24. The van der Waals surface area contributed by atoms with Crippen LogP contribution < -0.4 is 36.1 Å². The molecule has 0 saturated heterocycles. The zero-order valence-corrected chi connectivity index (χ0v) is 27.5. The maximum absolute atomic E-state index is 13.0. The van der Waals surface area contributed by atoms with Crippen LogP contribution in [0, 0.1) is 0 Å². The zero-order chi connectivity index (χ0) is 34.2. The molecule has 0 atom stereocenters. The van der Waals surface area contributed by atoms with E-state index in [-0.39, 0.29) is 11.1 Å². The highest BCUT2D eigenvalue weighted by Crippen LogP contribution is 2.40. The van der Waals surface area contributed by atoms with Gasteiger partial charge in [0.25, 0.3) is 0 Å². The van der Waals surface area contributed by atoms with Crippen molar-refractivity contribution in [2.75, 3.05) is 59.9 Å². The fourth-order valence-corrected chi connectivity index (χ4v) is 5.62. The van der Waals surface area contributed by atoms with Crippen LogP contribution in [0.4, 0.5) is 38.0 Å². The molecule has 5 rings (SSSR count). The van der Waals surface area contributed by atoms with Crippen LogP contribution in [0.1, 0.15) is 10.4 Å². The van der Waals surface area contributed by atoms with Crippen molar-refractivity contribution in [1.29, 1.82) is 0 Å². The smallest absolute Gasteiger partial charge is 0.412 e. The highest BCUT2D eigenvalue weighted by atomic mass is 35.5. The summed E-state index contributed by atoms with van der Waals surface area (Å²) in [6.45, 7) is 1.30. The largest absolute Gasteiger partial charge is 0.495 e. The number of rotatable bonds is 12. The zero-order valence-electron chi connectivity index (χ0n) is 26.0. The van der Waals surface area contributed by atoms with Gasteiger partial charge < -0.3 is 40.8 Å². The van der Waals surface area contributed by atoms with Crippen molar-refractivity contribution in [3.8, 4) is 11.5 Å². The summed E-state index contributed by atoms with van der Waals surface area (Å²) in [6, 6.07) is 22.3. The van der Waals surface area contributed by atoms with E-state index in [1.807, 2.05) is 24.3 Å². The number of alkyl halides is 2. The van der Waals surface area contributed by atoms with Crippen LogP contribution in [-0.4, -0.2) is 62.1 Å². The molecule has 4 aromatic carbocycles. The van der Waals surface area contributed by atoms with Gasteiger partial charge in [-0.05, 0) is 54.6 Å². The number of aromatic nitrogens is 1. The molecule has 3 amide bonds. The number of carbonyl (C=O) groups excluding carboxylic acids is 3. The molecule has 5 aromatic rings. The predicted molar refractivity (Wildman–Crippen MR) is 190 cm³/mol. The number of para-hydroxylation sites is 2. The maximum Gasteiger partial charge on any atom is 0.412 e. The molecule has 0 radical (unpaired) electrons. The molecule has 0 saturated carbocycles. The molecule has 5 N–H and O–H groups in total. The van der Waals surface area contributed by atoms with Crippen LogP contribution >= 0.6 is 23.2 Å². The summed E-state index contributed by atoms with van der Waals surface area (Å²) in [7, 11) is 3.03. The number of amides is 3. The first-order valence-electron chi connectivity index (χ1n) is 14.7. The van der Waals surface area contributed by atoms with E-state index in [2.05, 4.69) is 25.6 Å². The van der Waals surface area contributed by atoms with Gasteiger partial charge in [-0.1, -0.05) is 24.3 Å². The first kappa shape index (κ1) is 33.9. The average molecular weight is 692 g/mol. The van der Waals surface area contributed by atoms with E-state index in [4.69, 9.17) is 43.4 Å². The van der Waals surface area contributed by atoms with Gasteiger partial charge in [0.1, 0.15) is 17.0 Å². The lowest BCUT2D eigenvalue weighted by Gasteiger charge is -2.23. The number of nitrogens with two attached hydrogens (primary N) is 1. The average Bonchev–Trinajstić information content (AvgIpc) is 3.07. The number of benzene rings is 4. The summed E-state index contributed by atoms with van der Waals surface area (Å²) >= 11 is 11.9. The summed E-state index contributed by atoms with van der Waals surface area (Å²) in [4.78, 5) is 44.0. The second kappa shape index (κ2) is 15.4. The molecule has 48 heavy (non-hydrogen) atoms. The highest BCUT2D eigenvalue weighted by molar-refractivity contribution is 6.19. The third-order valence-electron chi connectivity index (χ3n) is 7.35. The standard InChI is InChI=1S/C34H32Cl2N6O6/c1-46-27-14-11-21(39-34(45)38-20-9-12-22(13-10-20)42(17-15-35)18-16-36)19-26(27)40-29-23-5-3-7-25(32(43)48-33(37)44)30(23)41-31-24(29)6-4-8-28(31)47-2/h3-14,19H,15-18H2,1-2H3,(H2,37,44)(H,40,41)(H2,38,39,45). The minimum atomic E-state index is -1.24. The Hall–Kier alpha value is -5.46. The Morgan fingerprint density at radius 2 is 1.42 bits per heavy atom. The van der Waals surface area contributed by atoms with Crippen molar-refractivity contribution in [3.63, 3.8) is 0 Å². The van der Waals surface area contributed by atoms with Gasteiger partial charge in [0.2, 0.25) is 0 Å². The van der Waals surface area contributed by atoms with Crippen LogP contribution in [-0.2, 0) is 4.74 Å². The number of fused-ring (bicyclic) bond motifs is 2. The molecule has 1 heterocycles. The molecule has 12 nitrogen and oxygen atoms in total. The lowest BCUT2D eigenvalue weighted by atomic mass is 10.0. The van der Waals surface area contributed by atoms with E-state index in [1.54, 1.807) is 48.5 Å². The number of pyridine rings is 1. The van der Waals surface area contributed by atoms with Crippen molar-refractivity contribution in [1.82, 2.24) is 4.98 Å². The van der Waals surface area contributed by atoms with Crippen molar-refractivity contribution >= 4 is 91.5 Å². The van der Waals surface area contributed by atoms with E-state index >= 15 is 0 Å². The molecule has 1 aromatic heterocycles. The topological polar surface area (TPSA) is 157 Å². The number of methoxy groups -OCH3 is 2. The second-order valence-electron chi connectivity index (χ2n) is 10.3. The van der Waals surface area contributed by atoms with Crippen molar-refractivity contribution < 1.29 is 28.6 Å². The lowest BCUT2D eigenvalue weighted by Crippen LogP contribution is -2.27. The number of nitrogens with zero attached hydrogens (tertiary/aromatic N) is 2.